The average Bonchev–Trinajstić information content (AvgIpc) is 2.54. The van der Waals surface area contributed by atoms with Gasteiger partial charge in [0.05, 0.1) is 5.56 Å². The van der Waals surface area contributed by atoms with Gasteiger partial charge in [0.2, 0.25) is 5.91 Å². The molecule has 9 heteroatoms. The van der Waals surface area contributed by atoms with Crippen LogP contribution in [0, 0.1) is 0 Å². The molecule has 0 fully saturated rings. The number of thioether (sulfide) groups is 1. The number of carbonyl (C=O) groups excluding carboxylic acids is 2. The monoisotopic (exact) mass is 406 g/mol. The van der Waals surface area contributed by atoms with Gasteiger partial charge in [0.25, 0.3) is 0 Å². The second kappa shape index (κ2) is 9.87. The highest BCUT2D eigenvalue weighted by molar-refractivity contribution is 7.98. The van der Waals surface area contributed by atoms with Crippen LogP contribution in [0.4, 0.5) is 18.0 Å². The van der Waals surface area contributed by atoms with Crippen LogP contribution in [0.3, 0.4) is 0 Å². The molecule has 0 heterocycles. The lowest BCUT2D eigenvalue weighted by Gasteiger charge is -2.23. The maximum atomic E-state index is 12.8. The van der Waals surface area contributed by atoms with Crippen LogP contribution in [-0.2, 0) is 22.3 Å². The van der Waals surface area contributed by atoms with Crippen LogP contribution in [0.2, 0.25) is 0 Å². The second-order valence-electron chi connectivity index (χ2n) is 6.90. The molecule has 0 saturated carbocycles. The number of hydrogen-bond donors (Lipinski definition) is 2. The minimum absolute atomic E-state index is 0.0749. The van der Waals surface area contributed by atoms with E-state index in [4.69, 9.17) is 4.74 Å². The molecule has 27 heavy (non-hydrogen) atoms. The molecule has 5 nitrogen and oxygen atoms in total. The quantitative estimate of drug-likeness (QED) is 0.719. The Morgan fingerprint density at radius 3 is 2.44 bits per heavy atom. The van der Waals surface area contributed by atoms with E-state index in [1.165, 1.54) is 23.9 Å². The summed E-state index contributed by atoms with van der Waals surface area (Å²) in [5, 5.41) is 5.08. The molecule has 2 amide bonds. The third-order valence-electron chi connectivity index (χ3n) is 3.34. The van der Waals surface area contributed by atoms with Crippen LogP contribution in [0.25, 0.3) is 0 Å². The van der Waals surface area contributed by atoms with Crippen molar-refractivity contribution >= 4 is 23.8 Å². The summed E-state index contributed by atoms with van der Waals surface area (Å²) in [6, 6.07) is 3.90. The van der Waals surface area contributed by atoms with Crippen LogP contribution in [0.15, 0.2) is 24.3 Å². The first kappa shape index (κ1) is 23.1. The van der Waals surface area contributed by atoms with Gasteiger partial charge in [-0.2, -0.15) is 24.9 Å². The van der Waals surface area contributed by atoms with Gasteiger partial charge in [0.1, 0.15) is 11.6 Å². The first-order valence-corrected chi connectivity index (χ1v) is 9.74. The van der Waals surface area contributed by atoms with Crippen LogP contribution in [-0.4, -0.2) is 35.7 Å². The van der Waals surface area contributed by atoms with Crippen molar-refractivity contribution in [2.45, 2.75) is 51.6 Å². The number of amides is 2. The molecule has 0 unspecified atom stereocenters. The maximum absolute atomic E-state index is 12.8. The molecule has 1 aromatic carbocycles. The Balaban J connectivity index is 2.72. The number of halogens is 3. The summed E-state index contributed by atoms with van der Waals surface area (Å²) in [6.07, 6.45) is -2.93. The maximum Gasteiger partial charge on any atom is 0.416 e. The molecule has 2 N–H and O–H groups in total. The second-order valence-corrected chi connectivity index (χ2v) is 7.88. The Bertz CT molecular complexity index is 645. The molecular formula is C18H25F3N2O3S. The summed E-state index contributed by atoms with van der Waals surface area (Å²) >= 11 is 1.51. The molecule has 0 aliphatic carbocycles. The van der Waals surface area contributed by atoms with Gasteiger partial charge in [-0.1, -0.05) is 12.1 Å². The van der Waals surface area contributed by atoms with Crippen molar-refractivity contribution in [1.29, 1.82) is 0 Å². The molecule has 1 atom stereocenters. The Hall–Kier alpha value is -1.90. The van der Waals surface area contributed by atoms with Gasteiger partial charge in [-0.15, -0.1) is 0 Å². The number of ether oxygens (including phenoxy) is 1. The summed E-state index contributed by atoms with van der Waals surface area (Å²) in [4.78, 5) is 24.3. The number of nitrogens with one attached hydrogen (secondary N) is 2. The van der Waals surface area contributed by atoms with Crippen molar-refractivity contribution in [2.24, 2.45) is 0 Å². The lowest BCUT2D eigenvalue weighted by molar-refractivity contribution is -0.137. The molecule has 152 valence electrons. The highest BCUT2D eigenvalue weighted by Crippen LogP contribution is 2.29. The third kappa shape index (κ3) is 9.03. The van der Waals surface area contributed by atoms with E-state index in [2.05, 4.69) is 10.6 Å². The number of carbonyl (C=O) groups is 2. The molecule has 1 aromatic rings. The third-order valence-corrected chi connectivity index (χ3v) is 3.98. The van der Waals surface area contributed by atoms with Crippen molar-refractivity contribution in [2.75, 3.05) is 12.0 Å². The van der Waals surface area contributed by atoms with E-state index in [1.54, 1.807) is 20.8 Å². The summed E-state index contributed by atoms with van der Waals surface area (Å²) < 4.78 is 43.4. The lowest BCUT2D eigenvalue weighted by Crippen LogP contribution is -2.48. The smallest absolute Gasteiger partial charge is 0.416 e. The number of rotatable bonds is 7. The summed E-state index contributed by atoms with van der Waals surface area (Å²) in [6.45, 7) is 5.04. The molecule has 0 radical (unpaired) electrons. The molecule has 0 saturated heterocycles. The van der Waals surface area contributed by atoms with Gasteiger partial charge in [-0.3, -0.25) is 4.79 Å². The van der Waals surface area contributed by atoms with Gasteiger partial charge in [0, 0.05) is 6.54 Å². The molecule has 0 spiro atoms. The number of alkyl halides is 3. The minimum Gasteiger partial charge on any atom is -0.444 e. The van der Waals surface area contributed by atoms with Crippen molar-refractivity contribution in [3.63, 3.8) is 0 Å². The normalized spacial score (nSPS) is 13.0. The van der Waals surface area contributed by atoms with E-state index in [-0.39, 0.29) is 6.54 Å². The summed E-state index contributed by atoms with van der Waals surface area (Å²) in [7, 11) is 0. The minimum atomic E-state index is -4.45. The Kier molecular flexibility index (Phi) is 8.46. The van der Waals surface area contributed by atoms with Gasteiger partial charge >= 0.3 is 12.3 Å². The Morgan fingerprint density at radius 2 is 1.89 bits per heavy atom. The van der Waals surface area contributed by atoms with E-state index >= 15 is 0 Å². The van der Waals surface area contributed by atoms with Crippen molar-refractivity contribution in [3.05, 3.63) is 35.4 Å². The molecule has 0 aliphatic rings. The molecule has 1 rings (SSSR count). The zero-order chi connectivity index (χ0) is 20.7. The summed E-state index contributed by atoms with van der Waals surface area (Å²) in [5.41, 5.74) is -1.16. The number of benzene rings is 1. The zero-order valence-electron chi connectivity index (χ0n) is 15.8. The van der Waals surface area contributed by atoms with Crippen LogP contribution >= 0.6 is 11.8 Å². The highest BCUT2D eigenvalue weighted by atomic mass is 32.2. The molecule has 0 bridgehead atoms. The standard InChI is InChI=1S/C18H25F3N2O3S/c1-17(2,3)26-16(25)23-14(8-9-27-4)15(24)22-11-12-6-5-7-13(10-12)18(19,20)21/h5-7,10,14H,8-9,11H2,1-4H3,(H,22,24)(H,23,25)/t14-/m0/s1. The topological polar surface area (TPSA) is 67.4 Å². The van der Waals surface area contributed by atoms with E-state index in [0.29, 0.717) is 17.7 Å². The number of alkyl carbamates (subject to hydrolysis) is 1. The Labute approximate surface area is 161 Å². The van der Waals surface area contributed by atoms with Gasteiger partial charge in [-0.25, -0.2) is 4.79 Å². The fourth-order valence-electron chi connectivity index (χ4n) is 2.12. The van der Waals surface area contributed by atoms with Crippen molar-refractivity contribution < 1.29 is 27.5 Å². The van der Waals surface area contributed by atoms with Gasteiger partial charge in [0.15, 0.2) is 0 Å². The fraction of sp³-hybridized carbons (Fsp3) is 0.556. The van der Waals surface area contributed by atoms with Crippen LogP contribution in [0.1, 0.15) is 38.3 Å². The van der Waals surface area contributed by atoms with E-state index in [0.717, 1.165) is 12.1 Å². The SMILES string of the molecule is CSCC[C@H](NC(=O)OC(C)(C)C)C(=O)NCc1cccc(C(F)(F)F)c1. The predicted octanol–water partition coefficient (Wildman–Crippen LogP) is 3.97. The fourth-order valence-corrected chi connectivity index (χ4v) is 2.60. The highest BCUT2D eigenvalue weighted by Gasteiger charge is 2.30. The first-order chi connectivity index (χ1) is 12.4. The van der Waals surface area contributed by atoms with Crippen LogP contribution < -0.4 is 10.6 Å². The van der Waals surface area contributed by atoms with Crippen molar-refractivity contribution in [3.8, 4) is 0 Å². The predicted molar refractivity (Wildman–Crippen MR) is 99.4 cm³/mol. The lowest BCUT2D eigenvalue weighted by atomic mass is 10.1. The average molecular weight is 406 g/mol. The van der Waals surface area contributed by atoms with Crippen LogP contribution in [0.5, 0.6) is 0 Å². The van der Waals surface area contributed by atoms with Gasteiger partial charge < -0.3 is 15.4 Å². The first-order valence-electron chi connectivity index (χ1n) is 8.34. The van der Waals surface area contributed by atoms with E-state index in [1.807, 2.05) is 6.26 Å². The molecule has 0 aromatic heterocycles. The molecule has 0 aliphatic heterocycles. The summed E-state index contributed by atoms with van der Waals surface area (Å²) in [5.74, 6) is 0.143. The van der Waals surface area contributed by atoms with E-state index < -0.39 is 35.4 Å². The largest absolute Gasteiger partial charge is 0.444 e. The van der Waals surface area contributed by atoms with E-state index in [9.17, 15) is 22.8 Å². The number of hydrogen-bond acceptors (Lipinski definition) is 4. The zero-order valence-corrected chi connectivity index (χ0v) is 16.6. The Morgan fingerprint density at radius 1 is 1.22 bits per heavy atom. The molecular weight excluding hydrogens is 381 g/mol. The van der Waals surface area contributed by atoms with Crippen molar-refractivity contribution in [1.82, 2.24) is 10.6 Å². The van der Waals surface area contributed by atoms with Gasteiger partial charge in [-0.05, 0) is 56.9 Å².